The summed E-state index contributed by atoms with van der Waals surface area (Å²) in [5.74, 6) is 1.79. The van der Waals surface area contributed by atoms with Gasteiger partial charge in [-0.15, -0.1) is 0 Å². The maximum absolute atomic E-state index is 11.4. The number of benzene rings is 1. The Hall–Kier alpha value is -2.17. The van der Waals surface area contributed by atoms with Crippen LogP contribution in [0.15, 0.2) is 34.9 Å². The molecule has 20 heavy (non-hydrogen) atoms. The van der Waals surface area contributed by atoms with Gasteiger partial charge in [0.1, 0.15) is 0 Å². The van der Waals surface area contributed by atoms with Crippen molar-refractivity contribution in [2.75, 3.05) is 0 Å². The van der Waals surface area contributed by atoms with E-state index in [1.165, 1.54) is 6.92 Å². The summed E-state index contributed by atoms with van der Waals surface area (Å²) in [6.07, 6.45) is 2.81. The van der Waals surface area contributed by atoms with Crippen LogP contribution in [-0.4, -0.2) is 16.0 Å². The fraction of sp³-hybridized carbons (Fsp3) is 0.400. The van der Waals surface area contributed by atoms with E-state index in [9.17, 15) is 4.79 Å². The normalized spacial score (nSPS) is 15.8. The van der Waals surface area contributed by atoms with Crippen LogP contribution in [0.5, 0.6) is 0 Å². The molecule has 3 rings (SSSR count). The predicted octanol–water partition coefficient (Wildman–Crippen LogP) is 2.37. The third-order valence-electron chi connectivity index (χ3n) is 3.38. The second-order valence-electron chi connectivity index (χ2n) is 5.19. The first-order valence-corrected chi connectivity index (χ1v) is 6.87. The van der Waals surface area contributed by atoms with E-state index in [0.29, 0.717) is 18.2 Å². The van der Waals surface area contributed by atoms with Gasteiger partial charge in [-0.25, -0.2) is 0 Å². The van der Waals surface area contributed by atoms with Crippen LogP contribution in [0.4, 0.5) is 0 Å². The summed E-state index contributed by atoms with van der Waals surface area (Å²) in [4.78, 5) is 15.8. The first kappa shape index (κ1) is 12.8. The SMILES string of the molecule is CC(=O)NC(Cc1nc(C2CC2)no1)c1ccccc1. The molecule has 1 aliphatic carbocycles. The molecule has 1 amide bonds. The van der Waals surface area contributed by atoms with Crippen molar-refractivity contribution in [2.45, 2.75) is 38.1 Å². The standard InChI is InChI=1S/C15H17N3O2/c1-10(19)16-13(11-5-3-2-4-6-11)9-14-17-15(18-20-14)12-7-8-12/h2-6,12-13H,7-9H2,1H3,(H,16,19). The zero-order chi connectivity index (χ0) is 13.9. The van der Waals surface area contributed by atoms with Gasteiger partial charge in [0.05, 0.1) is 12.5 Å². The summed E-state index contributed by atoms with van der Waals surface area (Å²) in [5.41, 5.74) is 1.04. The molecular weight excluding hydrogens is 254 g/mol. The molecule has 1 heterocycles. The molecule has 1 unspecified atom stereocenters. The van der Waals surface area contributed by atoms with Crippen LogP contribution in [0.3, 0.4) is 0 Å². The number of nitrogens with one attached hydrogen (secondary N) is 1. The van der Waals surface area contributed by atoms with Crippen LogP contribution in [-0.2, 0) is 11.2 Å². The lowest BCUT2D eigenvalue weighted by Gasteiger charge is -2.16. The third kappa shape index (κ3) is 3.04. The van der Waals surface area contributed by atoms with Gasteiger partial charge in [-0.05, 0) is 18.4 Å². The lowest BCUT2D eigenvalue weighted by atomic mass is 10.0. The Bertz CT molecular complexity index is 590. The lowest BCUT2D eigenvalue weighted by molar-refractivity contribution is -0.119. The van der Waals surface area contributed by atoms with Crippen molar-refractivity contribution in [1.82, 2.24) is 15.5 Å². The number of hydrogen-bond acceptors (Lipinski definition) is 4. The molecule has 1 atom stereocenters. The highest BCUT2D eigenvalue weighted by molar-refractivity contribution is 5.73. The first-order chi connectivity index (χ1) is 9.72. The smallest absolute Gasteiger partial charge is 0.229 e. The van der Waals surface area contributed by atoms with Gasteiger partial charge in [-0.3, -0.25) is 4.79 Å². The van der Waals surface area contributed by atoms with Crippen LogP contribution in [0.1, 0.15) is 49.0 Å². The Balaban J connectivity index is 1.76. The van der Waals surface area contributed by atoms with E-state index in [2.05, 4.69) is 15.5 Å². The van der Waals surface area contributed by atoms with E-state index in [0.717, 1.165) is 24.2 Å². The van der Waals surface area contributed by atoms with Crippen LogP contribution in [0, 0.1) is 0 Å². The van der Waals surface area contributed by atoms with Crippen molar-refractivity contribution in [3.05, 3.63) is 47.6 Å². The summed E-state index contributed by atoms with van der Waals surface area (Å²) >= 11 is 0. The quantitative estimate of drug-likeness (QED) is 0.906. The minimum absolute atomic E-state index is 0.0687. The van der Waals surface area contributed by atoms with E-state index < -0.39 is 0 Å². The van der Waals surface area contributed by atoms with E-state index in [4.69, 9.17) is 4.52 Å². The maximum atomic E-state index is 11.4. The number of aromatic nitrogens is 2. The van der Waals surface area contributed by atoms with Gasteiger partial charge in [-0.1, -0.05) is 35.5 Å². The van der Waals surface area contributed by atoms with Crippen molar-refractivity contribution in [2.24, 2.45) is 0 Å². The molecule has 5 heteroatoms. The summed E-state index contributed by atoms with van der Waals surface area (Å²) in [6, 6.07) is 9.69. The van der Waals surface area contributed by atoms with Gasteiger partial charge < -0.3 is 9.84 Å². The zero-order valence-electron chi connectivity index (χ0n) is 11.4. The molecule has 1 saturated carbocycles. The molecule has 5 nitrogen and oxygen atoms in total. The number of carbonyl (C=O) groups is 1. The fourth-order valence-electron chi connectivity index (χ4n) is 2.22. The van der Waals surface area contributed by atoms with Gasteiger partial charge in [0, 0.05) is 12.8 Å². The summed E-state index contributed by atoms with van der Waals surface area (Å²) in [7, 11) is 0. The molecule has 104 valence electrons. The molecule has 1 N–H and O–H groups in total. The molecule has 1 fully saturated rings. The number of hydrogen-bond donors (Lipinski definition) is 1. The second-order valence-corrected chi connectivity index (χ2v) is 5.19. The zero-order valence-corrected chi connectivity index (χ0v) is 11.4. The highest BCUT2D eigenvalue weighted by Gasteiger charge is 2.29. The topological polar surface area (TPSA) is 68.0 Å². The van der Waals surface area contributed by atoms with Crippen molar-refractivity contribution in [3.8, 4) is 0 Å². The summed E-state index contributed by atoms with van der Waals surface area (Å²) in [6.45, 7) is 1.51. The Morgan fingerprint density at radius 3 is 2.80 bits per heavy atom. The van der Waals surface area contributed by atoms with Crippen LogP contribution < -0.4 is 5.32 Å². The predicted molar refractivity (Wildman–Crippen MR) is 73.0 cm³/mol. The maximum Gasteiger partial charge on any atom is 0.229 e. The molecule has 2 aromatic rings. The Morgan fingerprint density at radius 2 is 2.15 bits per heavy atom. The van der Waals surface area contributed by atoms with Gasteiger partial charge in [0.15, 0.2) is 5.82 Å². The van der Waals surface area contributed by atoms with Crippen molar-refractivity contribution in [1.29, 1.82) is 0 Å². The minimum Gasteiger partial charge on any atom is -0.349 e. The van der Waals surface area contributed by atoms with Crippen LogP contribution >= 0.6 is 0 Å². The molecule has 0 radical (unpaired) electrons. The molecular formula is C15H17N3O2. The van der Waals surface area contributed by atoms with Crippen LogP contribution in [0.2, 0.25) is 0 Å². The minimum atomic E-state index is -0.138. The van der Waals surface area contributed by atoms with Crippen molar-refractivity contribution < 1.29 is 9.32 Å². The number of carbonyl (C=O) groups excluding carboxylic acids is 1. The van der Waals surface area contributed by atoms with E-state index in [-0.39, 0.29) is 11.9 Å². The molecule has 0 spiro atoms. The van der Waals surface area contributed by atoms with E-state index in [1.807, 2.05) is 30.3 Å². The average Bonchev–Trinajstić information content (AvgIpc) is 3.19. The van der Waals surface area contributed by atoms with Crippen LogP contribution in [0.25, 0.3) is 0 Å². The van der Waals surface area contributed by atoms with Gasteiger partial charge in [-0.2, -0.15) is 4.98 Å². The third-order valence-corrected chi connectivity index (χ3v) is 3.38. The summed E-state index contributed by atoms with van der Waals surface area (Å²) in [5, 5.41) is 6.94. The van der Waals surface area contributed by atoms with Crippen molar-refractivity contribution >= 4 is 5.91 Å². The molecule has 1 aromatic heterocycles. The molecule has 0 aliphatic heterocycles. The monoisotopic (exact) mass is 271 g/mol. The first-order valence-electron chi connectivity index (χ1n) is 6.87. The van der Waals surface area contributed by atoms with Crippen molar-refractivity contribution in [3.63, 3.8) is 0 Å². The Morgan fingerprint density at radius 1 is 1.40 bits per heavy atom. The van der Waals surface area contributed by atoms with Gasteiger partial charge in [0.25, 0.3) is 0 Å². The molecule has 0 bridgehead atoms. The number of amides is 1. The Labute approximate surface area is 117 Å². The second kappa shape index (κ2) is 5.45. The molecule has 0 saturated heterocycles. The highest BCUT2D eigenvalue weighted by Crippen LogP contribution is 2.38. The largest absolute Gasteiger partial charge is 0.349 e. The lowest BCUT2D eigenvalue weighted by Crippen LogP contribution is -2.27. The number of rotatable bonds is 5. The average molecular weight is 271 g/mol. The summed E-state index contributed by atoms with van der Waals surface area (Å²) < 4.78 is 5.29. The number of nitrogens with zero attached hydrogens (tertiary/aromatic N) is 2. The van der Waals surface area contributed by atoms with E-state index in [1.54, 1.807) is 0 Å². The molecule has 1 aliphatic rings. The van der Waals surface area contributed by atoms with E-state index >= 15 is 0 Å². The van der Waals surface area contributed by atoms with Gasteiger partial charge in [0.2, 0.25) is 11.8 Å². The highest BCUT2D eigenvalue weighted by atomic mass is 16.5. The van der Waals surface area contributed by atoms with Gasteiger partial charge >= 0.3 is 0 Å². The molecule has 1 aromatic carbocycles. The Kier molecular flexibility index (Phi) is 3.50. The fourth-order valence-corrected chi connectivity index (χ4v) is 2.22.